The molecule has 0 aromatic heterocycles. The molecule has 0 heterocycles. The van der Waals surface area contributed by atoms with Gasteiger partial charge in [-0.05, 0) is 61.1 Å². The molecule has 4 nitrogen and oxygen atoms in total. The van der Waals surface area contributed by atoms with Gasteiger partial charge < -0.3 is 10.2 Å². The van der Waals surface area contributed by atoms with E-state index < -0.39 is 6.04 Å². The molecule has 28 heavy (non-hydrogen) atoms. The highest BCUT2D eigenvalue weighted by molar-refractivity contribution is 7.99. The average molecular weight is 439 g/mol. The Morgan fingerprint density at radius 3 is 2.18 bits per heavy atom. The lowest BCUT2D eigenvalue weighted by Gasteiger charge is -2.28. The summed E-state index contributed by atoms with van der Waals surface area (Å²) in [6, 6.07) is 14.4. The molecule has 0 radical (unpaired) electrons. The van der Waals surface area contributed by atoms with Crippen LogP contribution in [0.4, 0.5) is 0 Å². The second kappa shape index (κ2) is 11.3. The number of hydrogen-bond acceptors (Lipinski definition) is 3. The summed E-state index contributed by atoms with van der Waals surface area (Å²) >= 11 is 13.5. The maximum absolute atomic E-state index is 12.8. The molecule has 0 aliphatic heterocycles. The van der Waals surface area contributed by atoms with Crippen LogP contribution in [0.1, 0.15) is 25.3 Å². The third-order valence-corrected chi connectivity index (χ3v) is 5.90. The van der Waals surface area contributed by atoms with Gasteiger partial charge in [0.05, 0.1) is 0 Å². The number of amides is 2. The van der Waals surface area contributed by atoms with Gasteiger partial charge in [0.25, 0.3) is 0 Å². The van der Waals surface area contributed by atoms with E-state index in [1.165, 1.54) is 0 Å². The molecule has 0 fully saturated rings. The van der Waals surface area contributed by atoms with Crippen LogP contribution in [-0.2, 0) is 16.1 Å². The van der Waals surface area contributed by atoms with E-state index in [0.717, 1.165) is 22.6 Å². The van der Waals surface area contributed by atoms with Crippen LogP contribution in [0, 0.1) is 0 Å². The van der Waals surface area contributed by atoms with Crippen LogP contribution in [0.3, 0.4) is 0 Å². The smallest absolute Gasteiger partial charge is 0.242 e. The van der Waals surface area contributed by atoms with Crippen molar-refractivity contribution in [2.45, 2.75) is 37.2 Å². The summed E-state index contributed by atoms with van der Waals surface area (Å²) in [5.41, 5.74) is 0.934. The lowest BCUT2D eigenvalue weighted by Crippen LogP contribution is -2.46. The van der Waals surface area contributed by atoms with Crippen LogP contribution in [0.5, 0.6) is 0 Å². The van der Waals surface area contributed by atoms with Crippen molar-refractivity contribution in [1.29, 1.82) is 0 Å². The molecule has 0 saturated carbocycles. The number of likely N-dealkylation sites (N-methyl/N-ethyl adjacent to an activating group) is 1. The van der Waals surface area contributed by atoms with Gasteiger partial charge in [0.15, 0.2) is 0 Å². The van der Waals surface area contributed by atoms with E-state index in [4.69, 9.17) is 23.2 Å². The number of carbonyl (C=O) groups excluding carboxylic acids is 2. The Morgan fingerprint density at radius 1 is 1.04 bits per heavy atom. The molecular weight excluding hydrogens is 415 g/mol. The third-order valence-electron chi connectivity index (χ3n) is 4.30. The van der Waals surface area contributed by atoms with Crippen molar-refractivity contribution in [3.8, 4) is 0 Å². The molecule has 1 atom stereocenters. The van der Waals surface area contributed by atoms with E-state index in [1.807, 2.05) is 36.4 Å². The van der Waals surface area contributed by atoms with Crippen molar-refractivity contribution in [3.05, 3.63) is 64.1 Å². The first-order valence-corrected chi connectivity index (χ1v) is 10.8. The summed E-state index contributed by atoms with van der Waals surface area (Å²) in [6.45, 7) is 2.12. The number of hydrogen-bond donors (Lipinski definition) is 1. The van der Waals surface area contributed by atoms with E-state index in [9.17, 15) is 9.59 Å². The third kappa shape index (κ3) is 7.04. The van der Waals surface area contributed by atoms with E-state index in [0.29, 0.717) is 23.0 Å². The van der Waals surface area contributed by atoms with Crippen molar-refractivity contribution >= 4 is 46.8 Å². The maximum Gasteiger partial charge on any atom is 0.242 e. The Hall–Kier alpha value is -1.69. The van der Waals surface area contributed by atoms with E-state index in [-0.39, 0.29) is 11.8 Å². The average Bonchev–Trinajstić information content (AvgIpc) is 2.70. The molecule has 1 N–H and O–H groups in total. The van der Waals surface area contributed by atoms with Crippen molar-refractivity contribution < 1.29 is 9.59 Å². The standard InChI is InChI=1S/C21H24Cl2N2O2S/c1-15(21(27)24-2)25(14-16-5-7-17(22)8-6-16)20(26)4-3-13-28-19-11-9-18(23)10-12-19/h5-12,15H,3-4,13-14H2,1-2H3,(H,24,27). The molecular formula is C21H24Cl2N2O2S. The molecule has 2 aromatic carbocycles. The number of nitrogens with one attached hydrogen (secondary N) is 1. The summed E-state index contributed by atoms with van der Waals surface area (Å²) in [7, 11) is 1.58. The first-order chi connectivity index (χ1) is 13.4. The topological polar surface area (TPSA) is 49.4 Å². The SMILES string of the molecule is CNC(=O)C(C)N(Cc1ccc(Cl)cc1)C(=O)CCCSc1ccc(Cl)cc1. The Kier molecular flexibility index (Phi) is 9.16. The van der Waals surface area contributed by atoms with Crippen molar-refractivity contribution in [3.63, 3.8) is 0 Å². The van der Waals surface area contributed by atoms with Gasteiger partial charge >= 0.3 is 0 Å². The monoisotopic (exact) mass is 438 g/mol. The highest BCUT2D eigenvalue weighted by Gasteiger charge is 2.25. The highest BCUT2D eigenvalue weighted by Crippen LogP contribution is 2.22. The van der Waals surface area contributed by atoms with Gasteiger partial charge in [-0.15, -0.1) is 11.8 Å². The minimum Gasteiger partial charge on any atom is -0.357 e. The fourth-order valence-electron chi connectivity index (χ4n) is 2.67. The summed E-state index contributed by atoms with van der Waals surface area (Å²) < 4.78 is 0. The fourth-order valence-corrected chi connectivity index (χ4v) is 3.77. The van der Waals surface area contributed by atoms with Gasteiger partial charge in [0.1, 0.15) is 6.04 Å². The zero-order chi connectivity index (χ0) is 20.5. The van der Waals surface area contributed by atoms with Crippen LogP contribution >= 0.6 is 35.0 Å². The molecule has 0 aliphatic rings. The van der Waals surface area contributed by atoms with Gasteiger partial charge in [0, 0.05) is 35.0 Å². The first-order valence-electron chi connectivity index (χ1n) is 9.04. The van der Waals surface area contributed by atoms with E-state index in [2.05, 4.69) is 5.32 Å². The molecule has 0 saturated heterocycles. The van der Waals surface area contributed by atoms with Gasteiger partial charge in [-0.3, -0.25) is 9.59 Å². The molecule has 1 unspecified atom stereocenters. The molecule has 0 spiro atoms. The summed E-state index contributed by atoms with van der Waals surface area (Å²) in [6.07, 6.45) is 1.11. The van der Waals surface area contributed by atoms with Crippen LogP contribution in [-0.4, -0.2) is 35.6 Å². The van der Waals surface area contributed by atoms with Crippen LogP contribution < -0.4 is 5.32 Å². The van der Waals surface area contributed by atoms with Gasteiger partial charge in [-0.1, -0.05) is 35.3 Å². The number of benzene rings is 2. The van der Waals surface area contributed by atoms with E-state index in [1.54, 1.807) is 42.8 Å². The molecule has 150 valence electrons. The van der Waals surface area contributed by atoms with Gasteiger partial charge in [-0.25, -0.2) is 0 Å². The lowest BCUT2D eigenvalue weighted by atomic mass is 10.1. The number of thioether (sulfide) groups is 1. The summed E-state index contributed by atoms with van der Waals surface area (Å²) in [5, 5.41) is 3.97. The Labute approximate surface area is 180 Å². The van der Waals surface area contributed by atoms with Crippen molar-refractivity contribution in [2.75, 3.05) is 12.8 Å². The van der Waals surface area contributed by atoms with Crippen molar-refractivity contribution in [2.24, 2.45) is 0 Å². The number of nitrogens with zero attached hydrogens (tertiary/aromatic N) is 1. The molecule has 2 rings (SSSR count). The Balaban J connectivity index is 1.94. The van der Waals surface area contributed by atoms with Crippen molar-refractivity contribution in [1.82, 2.24) is 10.2 Å². The molecule has 2 aromatic rings. The zero-order valence-corrected chi connectivity index (χ0v) is 18.3. The minimum absolute atomic E-state index is 0.0391. The zero-order valence-electron chi connectivity index (χ0n) is 16.0. The fraction of sp³-hybridized carbons (Fsp3) is 0.333. The Bertz CT molecular complexity index is 782. The molecule has 7 heteroatoms. The second-order valence-corrected chi connectivity index (χ2v) is 8.39. The quantitative estimate of drug-likeness (QED) is 0.441. The number of carbonyl (C=O) groups is 2. The Morgan fingerprint density at radius 2 is 1.61 bits per heavy atom. The highest BCUT2D eigenvalue weighted by atomic mass is 35.5. The van der Waals surface area contributed by atoms with E-state index >= 15 is 0 Å². The maximum atomic E-state index is 12.8. The summed E-state index contributed by atoms with van der Waals surface area (Å²) in [5.74, 6) is 0.594. The summed E-state index contributed by atoms with van der Waals surface area (Å²) in [4.78, 5) is 27.7. The normalized spacial score (nSPS) is 11.7. The largest absolute Gasteiger partial charge is 0.357 e. The lowest BCUT2D eigenvalue weighted by molar-refractivity contribution is -0.140. The number of halogens is 2. The van der Waals surface area contributed by atoms with Crippen LogP contribution in [0.15, 0.2) is 53.4 Å². The minimum atomic E-state index is -0.544. The van der Waals surface area contributed by atoms with Gasteiger partial charge in [-0.2, -0.15) is 0 Å². The molecule has 0 bridgehead atoms. The second-order valence-electron chi connectivity index (χ2n) is 6.34. The molecule has 2 amide bonds. The predicted octanol–water partition coefficient (Wildman–Crippen LogP) is 5.03. The molecule has 0 aliphatic carbocycles. The van der Waals surface area contributed by atoms with Crippen LogP contribution in [0.25, 0.3) is 0 Å². The number of rotatable bonds is 9. The van der Waals surface area contributed by atoms with Gasteiger partial charge in [0.2, 0.25) is 11.8 Å². The first kappa shape index (κ1) is 22.6. The van der Waals surface area contributed by atoms with Crippen LogP contribution in [0.2, 0.25) is 10.0 Å². The predicted molar refractivity (Wildman–Crippen MR) is 117 cm³/mol.